The van der Waals surface area contributed by atoms with Gasteiger partial charge >= 0.3 is 6.03 Å². The lowest BCUT2D eigenvalue weighted by molar-refractivity contribution is 0.0361. The molecule has 2 saturated heterocycles. The molecule has 0 spiro atoms. The number of piperazine rings is 1. The van der Waals surface area contributed by atoms with Gasteiger partial charge in [0.25, 0.3) is 5.91 Å². The Bertz CT molecular complexity index is 672. The van der Waals surface area contributed by atoms with Gasteiger partial charge in [0, 0.05) is 39.3 Å². The lowest BCUT2D eigenvalue weighted by Gasteiger charge is -2.38. The minimum absolute atomic E-state index is 0.116. The van der Waals surface area contributed by atoms with Gasteiger partial charge in [-0.05, 0) is 12.1 Å². The van der Waals surface area contributed by atoms with Crippen LogP contribution in [0.15, 0.2) is 12.1 Å². The van der Waals surface area contributed by atoms with Crippen LogP contribution in [0.2, 0.25) is 0 Å². The first-order chi connectivity index (χ1) is 12.0. The molecular formula is C16H18F3N3O3. The van der Waals surface area contributed by atoms with Crippen molar-refractivity contribution in [1.29, 1.82) is 0 Å². The van der Waals surface area contributed by atoms with Gasteiger partial charge in [-0.15, -0.1) is 0 Å². The molecule has 6 nitrogen and oxygen atoms in total. The lowest BCUT2D eigenvalue weighted by atomic mass is 10.1. The standard InChI is InChI=1S/C16H18F3N3O3/c17-12-2-1-11(13(18)14(12)19)15(23)20-3-5-21(6-4-20)16(24)22-7-9-25-10-8-22/h1-2H,3-10H2. The topological polar surface area (TPSA) is 53.1 Å². The summed E-state index contributed by atoms with van der Waals surface area (Å²) in [6.07, 6.45) is 0. The molecule has 1 aromatic rings. The van der Waals surface area contributed by atoms with Gasteiger partial charge < -0.3 is 19.4 Å². The summed E-state index contributed by atoms with van der Waals surface area (Å²) in [5, 5.41) is 0. The number of hydrogen-bond donors (Lipinski definition) is 0. The molecule has 3 amide bonds. The molecule has 0 aromatic heterocycles. The highest BCUT2D eigenvalue weighted by Crippen LogP contribution is 2.18. The molecule has 0 saturated carbocycles. The Kier molecular flexibility index (Phi) is 5.12. The number of halogens is 3. The average Bonchev–Trinajstić information content (AvgIpc) is 2.66. The molecule has 0 unspecified atom stereocenters. The van der Waals surface area contributed by atoms with Crippen LogP contribution in [-0.2, 0) is 4.74 Å². The Hall–Kier alpha value is -2.29. The highest BCUT2D eigenvalue weighted by atomic mass is 19.2. The van der Waals surface area contributed by atoms with Crippen molar-refractivity contribution in [3.05, 3.63) is 35.1 Å². The number of urea groups is 1. The van der Waals surface area contributed by atoms with Crippen molar-refractivity contribution < 1.29 is 27.5 Å². The van der Waals surface area contributed by atoms with Gasteiger partial charge in [0.15, 0.2) is 17.5 Å². The first-order valence-corrected chi connectivity index (χ1v) is 8.03. The number of ether oxygens (including phenoxy) is 1. The smallest absolute Gasteiger partial charge is 0.320 e. The molecule has 136 valence electrons. The van der Waals surface area contributed by atoms with Crippen LogP contribution in [0.5, 0.6) is 0 Å². The summed E-state index contributed by atoms with van der Waals surface area (Å²) in [7, 11) is 0. The van der Waals surface area contributed by atoms with Crippen molar-refractivity contribution in [2.24, 2.45) is 0 Å². The Morgan fingerprint density at radius 1 is 0.800 bits per heavy atom. The quantitative estimate of drug-likeness (QED) is 0.713. The molecular weight excluding hydrogens is 339 g/mol. The number of morpholine rings is 1. The third-order valence-corrected chi connectivity index (χ3v) is 4.38. The molecule has 9 heteroatoms. The number of hydrogen-bond acceptors (Lipinski definition) is 3. The molecule has 0 bridgehead atoms. The Balaban J connectivity index is 1.61. The van der Waals surface area contributed by atoms with Crippen LogP contribution in [0.3, 0.4) is 0 Å². The van der Waals surface area contributed by atoms with Gasteiger partial charge in [0.05, 0.1) is 18.8 Å². The van der Waals surface area contributed by atoms with E-state index >= 15 is 0 Å². The molecule has 0 N–H and O–H groups in total. The normalized spacial score (nSPS) is 18.4. The number of amides is 3. The molecule has 2 aliphatic rings. The molecule has 0 aliphatic carbocycles. The number of benzene rings is 1. The second kappa shape index (κ2) is 7.30. The van der Waals surface area contributed by atoms with E-state index in [-0.39, 0.29) is 19.1 Å². The average molecular weight is 357 g/mol. The van der Waals surface area contributed by atoms with Crippen LogP contribution in [0, 0.1) is 17.5 Å². The highest BCUT2D eigenvalue weighted by molar-refractivity contribution is 5.94. The number of rotatable bonds is 1. The van der Waals surface area contributed by atoms with E-state index < -0.39 is 28.9 Å². The third kappa shape index (κ3) is 3.55. The van der Waals surface area contributed by atoms with Gasteiger partial charge in [-0.3, -0.25) is 4.79 Å². The Morgan fingerprint density at radius 2 is 1.36 bits per heavy atom. The first-order valence-electron chi connectivity index (χ1n) is 8.03. The molecule has 2 aliphatic heterocycles. The van der Waals surface area contributed by atoms with Crippen LogP contribution in [0.1, 0.15) is 10.4 Å². The second-order valence-corrected chi connectivity index (χ2v) is 5.88. The van der Waals surface area contributed by atoms with Crippen molar-refractivity contribution in [2.75, 3.05) is 52.5 Å². The minimum Gasteiger partial charge on any atom is -0.378 e. The number of nitrogens with zero attached hydrogens (tertiary/aromatic N) is 3. The van der Waals surface area contributed by atoms with Crippen LogP contribution in [0.25, 0.3) is 0 Å². The maximum atomic E-state index is 13.8. The zero-order valence-corrected chi connectivity index (χ0v) is 13.5. The second-order valence-electron chi connectivity index (χ2n) is 5.88. The van der Waals surface area contributed by atoms with Crippen molar-refractivity contribution in [1.82, 2.24) is 14.7 Å². The summed E-state index contributed by atoms with van der Waals surface area (Å²) in [6, 6.07) is 1.54. The van der Waals surface area contributed by atoms with Gasteiger partial charge in [-0.1, -0.05) is 0 Å². The lowest BCUT2D eigenvalue weighted by Crippen LogP contribution is -2.55. The molecule has 1 aromatic carbocycles. The van der Waals surface area contributed by atoms with Crippen molar-refractivity contribution in [2.45, 2.75) is 0 Å². The van der Waals surface area contributed by atoms with Crippen LogP contribution >= 0.6 is 0 Å². The zero-order chi connectivity index (χ0) is 18.0. The SMILES string of the molecule is O=C(c1ccc(F)c(F)c1F)N1CCN(C(=O)N2CCOCC2)CC1. The van der Waals surface area contributed by atoms with E-state index in [1.807, 2.05) is 0 Å². The predicted molar refractivity (Wildman–Crippen MR) is 81.6 cm³/mol. The summed E-state index contributed by atoms with van der Waals surface area (Å²) in [5.74, 6) is -5.20. The summed E-state index contributed by atoms with van der Waals surface area (Å²) >= 11 is 0. The van der Waals surface area contributed by atoms with Crippen LogP contribution in [0.4, 0.5) is 18.0 Å². The molecule has 0 atom stereocenters. The predicted octanol–water partition coefficient (Wildman–Crippen LogP) is 1.31. The molecule has 2 heterocycles. The van der Waals surface area contributed by atoms with Crippen molar-refractivity contribution >= 4 is 11.9 Å². The fourth-order valence-corrected chi connectivity index (χ4v) is 2.92. The van der Waals surface area contributed by atoms with E-state index in [1.165, 1.54) is 4.90 Å². The monoisotopic (exact) mass is 357 g/mol. The zero-order valence-electron chi connectivity index (χ0n) is 13.5. The first kappa shape index (κ1) is 17.5. The Morgan fingerprint density at radius 3 is 2.00 bits per heavy atom. The van der Waals surface area contributed by atoms with Gasteiger partial charge in [0.1, 0.15) is 0 Å². The number of carbonyl (C=O) groups is 2. The summed E-state index contributed by atoms with van der Waals surface area (Å²) < 4.78 is 45.3. The summed E-state index contributed by atoms with van der Waals surface area (Å²) in [5.41, 5.74) is -0.508. The maximum Gasteiger partial charge on any atom is 0.320 e. The van der Waals surface area contributed by atoms with Gasteiger partial charge in [0.2, 0.25) is 0 Å². The van der Waals surface area contributed by atoms with Crippen LogP contribution < -0.4 is 0 Å². The van der Waals surface area contributed by atoms with E-state index in [1.54, 1.807) is 9.80 Å². The fraction of sp³-hybridized carbons (Fsp3) is 0.500. The fourth-order valence-electron chi connectivity index (χ4n) is 2.92. The minimum atomic E-state index is -1.66. The number of carbonyl (C=O) groups excluding carboxylic acids is 2. The van der Waals surface area contributed by atoms with Gasteiger partial charge in [-0.2, -0.15) is 0 Å². The maximum absolute atomic E-state index is 13.8. The third-order valence-electron chi connectivity index (χ3n) is 4.38. The van der Waals surface area contributed by atoms with Crippen LogP contribution in [-0.4, -0.2) is 79.1 Å². The molecule has 25 heavy (non-hydrogen) atoms. The summed E-state index contributed by atoms with van der Waals surface area (Å²) in [4.78, 5) is 29.4. The summed E-state index contributed by atoms with van der Waals surface area (Å²) in [6.45, 7) is 3.05. The van der Waals surface area contributed by atoms with E-state index in [9.17, 15) is 22.8 Å². The van der Waals surface area contributed by atoms with Crippen molar-refractivity contribution in [3.8, 4) is 0 Å². The van der Waals surface area contributed by atoms with E-state index in [0.717, 1.165) is 12.1 Å². The van der Waals surface area contributed by atoms with E-state index in [0.29, 0.717) is 39.4 Å². The van der Waals surface area contributed by atoms with E-state index in [2.05, 4.69) is 0 Å². The molecule has 0 radical (unpaired) electrons. The highest BCUT2D eigenvalue weighted by Gasteiger charge is 2.30. The van der Waals surface area contributed by atoms with Crippen molar-refractivity contribution in [3.63, 3.8) is 0 Å². The molecule has 3 rings (SSSR count). The van der Waals surface area contributed by atoms with E-state index in [4.69, 9.17) is 4.74 Å². The molecule has 2 fully saturated rings. The largest absolute Gasteiger partial charge is 0.378 e. The van der Waals surface area contributed by atoms with Gasteiger partial charge in [-0.25, -0.2) is 18.0 Å². The Labute approximate surface area is 142 Å².